The van der Waals surface area contributed by atoms with Gasteiger partial charge < -0.3 is 11.1 Å². The van der Waals surface area contributed by atoms with E-state index in [1.165, 1.54) is 17.5 Å². The highest BCUT2D eigenvalue weighted by molar-refractivity contribution is 5.92. The Labute approximate surface area is 123 Å². The van der Waals surface area contributed by atoms with E-state index < -0.39 is 5.92 Å². The number of halogens is 2. The molecule has 2 aliphatic rings. The summed E-state index contributed by atoms with van der Waals surface area (Å²) in [5.41, 5.74) is 9.59. The summed E-state index contributed by atoms with van der Waals surface area (Å²) in [5, 5.41) is 3.08. The number of hydrogen-bond donors (Lipinski definition) is 2. The van der Waals surface area contributed by atoms with Crippen LogP contribution in [0.3, 0.4) is 0 Å². The minimum Gasteiger partial charge on any atom is -0.370 e. The van der Waals surface area contributed by atoms with E-state index in [9.17, 15) is 8.78 Å². The average Bonchev–Trinajstić information content (AvgIpc) is 2.83. The summed E-state index contributed by atoms with van der Waals surface area (Å²) in [6, 6.07) is 6.27. The topological polar surface area (TPSA) is 50.4 Å². The molecular weight excluding hydrogens is 272 g/mol. The van der Waals surface area contributed by atoms with Gasteiger partial charge in [-0.25, -0.2) is 8.78 Å². The van der Waals surface area contributed by atoms with Gasteiger partial charge in [0.25, 0.3) is 0 Å². The Balaban J connectivity index is 1.47. The molecule has 0 atom stereocenters. The van der Waals surface area contributed by atoms with Gasteiger partial charge >= 0.3 is 0 Å². The molecular formula is C16H21F2N3. The number of aliphatic imine (C=N–C) groups is 1. The maximum Gasteiger partial charge on any atom is 0.248 e. The number of aryl methyl sites for hydroxylation is 2. The minimum absolute atomic E-state index is 0.000670. The normalized spacial score (nSPS) is 21.0. The first-order valence-electron chi connectivity index (χ1n) is 7.58. The molecule has 1 aromatic rings. The van der Waals surface area contributed by atoms with Crippen LogP contribution in [0.4, 0.5) is 14.5 Å². The fraction of sp³-hybridized carbons (Fsp3) is 0.562. The van der Waals surface area contributed by atoms with Crippen LogP contribution in [-0.2, 0) is 12.8 Å². The predicted molar refractivity (Wildman–Crippen MR) is 80.9 cm³/mol. The highest BCUT2D eigenvalue weighted by atomic mass is 19.3. The smallest absolute Gasteiger partial charge is 0.248 e. The van der Waals surface area contributed by atoms with Gasteiger partial charge in [-0.1, -0.05) is 6.07 Å². The summed E-state index contributed by atoms with van der Waals surface area (Å²) >= 11 is 0. The van der Waals surface area contributed by atoms with E-state index >= 15 is 0 Å². The van der Waals surface area contributed by atoms with Crippen molar-refractivity contribution < 1.29 is 8.78 Å². The second-order valence-corrected chi connectivity index (χ2v) is 6.15. The fourth-order valence-corrected chi connectivity index (χ4v) is 3.19. The zero-order chi connectivity index (χ0) is 14.9. The second-order valence-electron chi connectivity index (χ2n) is 6.15. The van der Waals surface area contributed by atoms with E-state index in [0.29, 0.717) is 18.9 Å². The SMILES string of the molecule is NC(=NCCC1CC(F)(F)C1)Nc1ccc2c(c1)CCC2. The van der Waals surface area contributed by atoms with Crippen LogP contribution in [0.2, 0.25) is 0 Å². The van der Waals surface area contributed by atoms with Crippen molar-refractivity contribution in [1.29, 1.82) is 0 Å². The van der Waals surface area contributed by atoms with E-state index in [0.717, 1.165) is 18.5 Å². The zero-order valence-electron chi connectivity index (χ0n) is 12.0. The van der Waals surface area contributed by atoms with Crippen molar-refractivity contribution in [1.82, 2.24) is 0 Å². The summed E-state index contributed by atoms with van der Waals surface area (Å²) in [6.07, 6.45) is 4.18. The molecule has 0 bridgehead atoms. The largest absolute Gasteiger partial charge is 0.370 e. The number of guanidine groups is 1. The maximum atomic E-state index is 12.7. The molecule has 3 rings (SSSR count). The first-order valence-corrected chi connectivity index (χ1v) is 7.58. The van der Waals surface area contributed by atoms with E-state index in [4.69, 9.17) is 5.73 Å². The highest BCUT2D eigenvalue weighted by Crippen LogP contribution is 2.43. The monoisotopic (exact) mass is 293 g/mol. The van der Waals surface area contributed by atoms with Gasteiger partial charge in [-0.2, -0.15) is 0 Å². The fourth-order valence-electron chi connectivity index (χ4n) is 3.19. The molecule has 114 valence electrons. The third-order valence-electron chi connectivity index (χ3n) is 4.37. The first-order chi connectivity index (χ1) is 10.0. The van der Waals surface area contributed by atoms with Gasteiger partial charge in [0.05, 0.1) is 0 Å². The van der Waals surface area contributed by atoms with Crippen LogP contribution in [0.1, 0.15) is 36.8 Å². The molecule has 0 spiro atoms. The van der Waals surface area contributed by atoms with E-state index in [2.05, 4.69) is 22.4 Å². The third kappa shape index (κ3) is 3.52. The van der Waals surface area contributed by atoms with Gasteiger partial charge in [0.15, 0.2) is 5.96 Å². The molecule has 5 heteroatoms. The standard InChI is InChI=1S/C16H21F2N3/c17-16(18)9-11(10-16)6-7-20-15(19)21-14-5-4-12-2-1-3-13(12)8-14/h4-5,8,11H,1-3,6-7,9-10H2,(H3,19,20,21). The van der Waals surface area contributed by atoms with Gasteiger partial charge in [-0.05, 0) is 54.9 Å². The van der Waals surface area contributed by atoms with Crippen LogP contribution in [0.5, 0.6) is 0 Å². The molecule has 1 aromatic carbocycles. The molecule has 0 radical (unpaired) electrons. The van der Waals surface area contributed by atoms with E-state index in [1.807, 2.05) is 6.07 Å². The quantitative estimate of drug-likeness (QED) is 0.661. The van der Waals surface area contributed by atoms with Gasteiger partial charge in [0.2, 0.25) is 5.92 Å². The number of benzene rings is 1. The maximum absolute atomic E-state index is 12.7. The lowest BCUT2D eigenvalue weighted by Crippen LogP contribution is -2.35. The summed E-state index contributed by atoms with van der Waals surface area (Å²) in [6.45, 7) is 0.504. The molecule has 0 aliphatic heterocycles. The van der Waals surface area contributed by atoms with Crippen molar-refractivity contribution in [2.45, 2.75) is 44.4 Å². The van der Waals surface area contributed by atoms with Crippen LogP contribution in [0.15, 0.2) is 23.2 Å². The molecule has 1 fully saturated rings. The molecule has 0 saturated heterocycles. The Bertz CT molecular complexity index is 546. The molecule has 0 amide bonds. The Morgan fingerprint density at radius 2 is 2.05 bits per heavy atom. The van der Waals surface area contributed by atoms with E-state index in [-0.39, 0.29) is 18.8 Å². The third-order valence-corrected chi connectivity index (χ3v) is 4.37. The number of anilines is 1. The Hall–Kier alpha value is -1.65. The predicted octanol–water partition coefficient (Wildman–Crippen LogP) is 3.34. The zero-order valence-corrected chi connectivity index (χ0v) is 12.0. The van der Waals surface area contributed by atoms with Gasteiger partial charge in [-0.3, -0.25) is 4.99 Å². The first kappa shape index (κ1) is 14.3. The van der Waals surface area contributed by atoms with Crippen LogP contribution in [0, 0.1) is 5.92 Å². The van der Waals surface area contributed by atoms with Crippen LogP contribution in [-0.4, -0.2) is 18.4 Å². The van der Waals surface area contributed by atoms with Crippen molar-refractivity contribution in [3.8, 4) is 0 Å². The van der Waals surface area contributed by atoms with Crippen molar-refractivity contribution in [3.05, 3.63) is 29.3 Å². The number of nitrogens with zero attached hydrogens (tertiary/aromatic N) is 1. The van der Waals surface area contributed by atoms with E-state index in [1.54, 1.807) is 0 Å². The molecule has 1 saturated carbocycles. The molecule has 0 unspecified atom stereocenters. The molecule has 3 N–H and O–H groups in total. The number of nitrogens with one attached hydrogen (secondary N) is 1. The lowest BCUT2D eigenvalue weighted by Gasteiger charge is -2.34. The van der Waals surface area contributed by atoms with Crippen LogP contribution >= 0.6 is 0 Å². The summed E-state index contributed by atoms with van der Waals surface area (Å²) in [5.74, 6) is -1.99. The summed E-state index contributed by atoms with van der Waals surface area (Å²) in [7, 11) is 0. The van der Waals surface area contributed by atoms with Gasteiger partial charge in [-0.15, -0.1) is 0 Å². The molecule has 21 heavy (non-hydrogen) atoms. The second kappa shape index (κ2) is 5.62. The number of rotatable bonds is 4. The summed E-state index contributed by atoms with van der Waals surface area (Å²) in [4.78, 5) is 4.22. The van der Waals surface area contributed by atoms with Gasteiger partial charge in [0.1, 0.15) is 0 Å². The molecule has 0 aromatic heterocycles. The Kier molecular flexibility index (Phi) is 3.83. The lowest BCUT2D eigenvalue weighted by molar-refractivity contribution is -0.111. The highest BCUT2D eigenvalue weighted by Gasteiger charge is 2.44. The molecule has 2 aliphatic carbocycles. The minimum atomic E-state index is -2.44. The molecule has 0 heterocycles. The number of nitrogens with two attached hydrogens (primary N) is 1. The Morgan fingerprint density at radius 3 is 2.81 bits per heavy atom. The lowest BCUT2D eigenvalue weighted by atomic mass is 9.79. The number of alkyl halides is 2. The van der Waals surface area contributed by atoms with Crippen LogP contribution in [0.25, 0.3) is 0 Å². The van der Waals surface area contributed by atoms with Crippen LogP contribution < -0.4 is 11.1 Å². The molecule has 3 nitrogen and oxygen atoms in total. The number of hydrogen-bond acceptors (Lipinski definition) is 1. The number of fused-ring (bicyclic) bond motifs is 1. The van der Waals surface area contributed by atoms with Gasteiger partial charge in [0, 0.05) is 25.1 Å². The van der Waals surface area contributed by atoms with Crippen molar-refractivity contribution >= 4 is 11.6 Å². The van der Waals surface area contributed by atoms with Crippen molar-refractivity contribution in [3.63, 3.8) is 0 Å². The van der Waals surface area contributed by atoms with Crippen molar-refractivity contribution in [2.75, 3.05) is 11.9 Å². The summed E-state index contributed by atoms with van der Waals surface area (Å²) < 4.78 is 25.4. The Morgan fingerprint density at radius 1 is 1.29 bits per heavy atom. The average molecular weight is 293 g/mol. The van der Waals surface area contributed by atoms with Crippen molar-refractivity contribution in [2.24, 2.45) is 16.6 Å².